The van der Waals surface area contributed by atoms with Crippen molar-refractivity contribution in [1.29, 1.82) is 0 Å². The van der Waals surface area contributed by atoms with E-state index in [9.17, 15) is 0 Å². The third-order valence-electron chi connectivity index (χ3n) is 3.17. The molecule has 1 aliphatic heterocycles. The second kappa shape index (κ2) is 4.87. The molecular weight excluding hydrogens is 230 g/mol. The summed E-state index contributed by atoms with van der Waals surface area (Å²) in [6.07, 6.45) is 2.61. The van der Waals surface area contributed by atoms with Gasteiger partial charge in [-0.2, -0.15) is 0 Å². The minimum Gasteiger partial charge on any atom is -0.382 e. The van der Waals surface area contributed by atoms with Crippen molar-refractivity contribution in [3.8, 4) is 0 Å². The predicted molar refractivity (Wildman–Crippen MR) is 68.9 cm³/mol. The Morgan fingerprint density at radius 2 is 2.22 bits per heavy atom. The topological polar surface area (TPSA) is 95.8 Å². The summed E-state index contributed by atoms with van der Waals surface area (Å²) in [7, 11) is 0. The van der Waals surface area contributed by atoms with Crippen molar-refractivity contribution >= 4 is 17.0 Å². The number of hydrogen-bond donors (Lipinski definition) is 3. The van der Waals surface area contributed by atoms with Gasteiger partial charge in [0.15, 0.2) is 11.5 Å². The van der Waals surface area contributed by atoms with Gasteiger partial charge >= 0.3 is 0 Å². The molecule has 96 valence electrons. The zero-order valence-corrected chi connectivity index (χ0v) is 10.2. The molecule has 0 saturated carbocycles. The molecule has 0 radical (unpaired) electrons. The van der Waals surface area contributed by atoms with Gasteiger partial charge in [-0.25, -0.2) is 15.0 Å². The van der Waals surface area contributed by atoms with Crippen molar-refractivity contribution in [2.75, 3.05) is 31.9 Å². The Labute approximate surface area is 105 Å². The number of H-pyrrole nitrogens is 1. The summed E-state index contributed by atoms with van der Waals surface area (Å²) in [6, 6.07) is 0. The summed E-state index contributed by atoms with van der Waals surface area (Å²) < 4.78 is 0. The first kappa shape index (κ1) is 11.4. The van der Waals surface area contributed by atoms with Crippen LogP contribution in [0.4, 0.5) is 5.82 Å². The lowest BCUT2D eigenvalue weighted by Gasteiger charge is -2.17. The van der Waals surface area contributed by atoms with Gasteiger partial charge in [-0.1, -0.05) is 0 Å². The predicted octanol–water partition coefficient (Wildman–Crippen LogP) is -0.270. The second-order valence-corrected chi connectivity index (χ2v) is 4.52. The van der Waals surface area contributed by atoms with Gasteiger partial charge in [0.1, 0.15) is 17.7 Å². The fourth-order valence-electron chi connectivity index (χ4n) is 2.24. The summed E-state index contributed by atoms with van der Waals surface area (Å²) in [6.45, 7) is 5.05. The highest BCUT2D eigenvalue weighted by Gasteiger charge is 2.13. The summed E-state index contributed by atoms with van der Waals surface area (Å²) >= 11 is 0. The molecule has 3 rings (SSSR count). The smallest absolute Gasteiger partial charge is 0.183 e. The fourth-order valence-corrected chi connectivity index (χ4v) is 2.24. The van der Waals surface area contributed by atoms with Gasteiger partial charge in [0.25, 0.3) is 0 Å². The molecule has 1 aliphatic rings. The molecule has 0 amide bonds. The molecule has 7 heteroatoms. The van der Waals surface area contributed by atoms with Crippen LogP contribution in [-0.2, 0) is 6.54 Å². The lowest BCUT2D eigenvalue weighted by molar-refractivity contribution is 0.278. The zero-order valence-electron chi connectivity index (χ0n) is 10.2. The summed E-state index contributed by atoms with van der Waals surface area (Å²) in [5.74, 6) is 1.36. The van der Waals surface area contributed by atoms with Gasteiger partial charge in [0, 0.05) is 13.1 Å². The third-order valence-corrected chi connectivity index (χ3v) is 3.17. The molecule has 1 saturated heterocycles. The van der Waals surface area contributed by atoms with E-state index in [2.05, 4.69) is 30.2 Å². The van der Waals surface area contributed by atoms with E-state index in [4.69, 9.17) is 5.73 Å². The zero-order chi connectivity index (χ0) is 12.4. The molecule has 0 aliphatic carbocycles. The Balaban J connectivity index is 1.79. The van der Waals surface area contributed by atoms with Gasteiger partial charge in [-0.05, 0) is 19.5 Å². The Morgan fingerprint density at radius 1 is 1.28 bits per heavy atom. The largest absolute Gasteiger partial charge is 0.382 e. The van der Waals surface area contributed by atoms with Crippen LogP contribution in [0, 0.1) is 0 Å². The van der Waals surface area contributed by atoms with Crippen molar-refractivity contribution in [1.82, 2.24) is 30.2 Å². The molecule has 0 aromatic carbocycles. The van der Waals surface area contributed by atoms with Crippen molar-refractivity contribution in [2.45, 2.75) is 13.0 Å². The minimum atomic E-state index is 0.455. The van der Waals surface area contributed by atoms with Crippen molar-refractivity contribution in [2.24, 2.45) is 0 Å². The van der Waals surface area contributed by atoms with Gasteiger partial charge in [0.2, 0.25) is 0 Å². The second-order valence-electron chi connectivity index (χ2n) is 4.52. The number of aromatic amines is 1. The fraction of sp³-hybridized carbons (Fsp3) is 0.545. The summed E-state index contributed by atoms with van der Waals surface area (Å²) in [5, 5.41) is 3.38. The summed E-state index contributed by atoms with van der Waals surface area (Å²) in [5.41, 5.74) is 7.16. The normalized spacial score (nSPS) is 18.0. The molecule has 1 fully saturated rings. The molecule has 7 nitrogen and oxygen atoms in total. The number of imidazole rings is 1. The number of fused-ring (bicyclic) bond motifs is 1. The quantitative estimate of drug-likeness (QED) is 0.676. The molecule has 0 bridgehead atoms. The number of aromatic nitrogens is 4. The number of nitrogens with two attached hydrogens (primary N) is 1. The van der Waals surface area contributed by atoms with Crippen LogP contribution in [0.1, 0.15) is 12.2 Å². The van der Waals surface area contributed by atoms with Crippen LogP contribution in [0.15, 0.2) is 6.33 Å². The van der Waals surface area contributed by atoms with E-state index in [1.165, 1.54) is 12.7 Å². The first-order valence-corrected chi connectivity index (χ1v) is 6.21. The Kier molecular flexibility index (Phi) is 3.07. The molecule has 0 atom stereocenters. The van der Waals surface area contributed by atoms with E-state index < -0.39 is 0 Å². The van der Waals surface area contributed by atoms with Gasteiger partial charge in [-0.15, -0.1) is 0 Å². The molecule has 2 aromatic rings. The SMILES string of the molecule is Nc1ncnc2nc(CN3CCCNCC3)[nH]c12. The molecule has 18 heavy (non-hydrogen) atoms. The average Bonchev–Trinajstić information content (AvgIpc) is 2.60. The third kappa shape index (κ3) is 2.27. The monoisotopic (exact) mass is 247 g/mol. The maximum absolute atomic E-state index is 5.78. The van der Waals surface area contributed by atoms with Gasteiger partial charge < -0.3 is 16.0 Å². The Morgan fingerprint density at radius 3 is 3.11 bits per heavy atom. The summed E-state index contributed by atoms with van der Waals surface area (Å²) in [4.78, 5) is 18.1. The molecule has 0 unspecified atom stereocenters. The number of nitrogens with zero attached hydrogens (tertiary/aromatic N) is 4. The maximum Gasteiger partial charge on any atom is 0.183 e. The van der Waals surface area contributed by atoms with Crippen LogP contribution in [0.3, 0.4) is 0 Å². The lowest BCUT2D eigenvalue weighted by Crippen LogP contribution is -2.28. The van der Waals surface area contributed by atoms with Crippen molar-refractivity contribution < 1.29 is 0 Å². The van der Waals surface area contributed by atoms with Crippen LogP contribution in [0.2, 0.25) is 0 Å². The number of hydrogen-bond acceptors (Lipinski definition) is 6. The number of rotatable bonds is 2. The van der Waals surface area contributed by atoms with Crippen LogP contribution >= 0.6 is 0 Å². The van der Waals surface area contributed by atoms with E-state index in [-0.39, 0.29) is 0 Å². The first-order chi connectivity index (χ1) is 8.83. The van der Waals surface area contributed by atoms with E-state index in [0.29, 0.717) is 11.5 Å². The van der Waals surface area contributed by atoms with E-state index in [1.54, 1.807) is 0 Å². The van der Waals surface area contributed by atoms with Crippen molar-refractivity contribution in [3.05, 3.63) is 12.2 Å². The van der Waals surface area contributed by atoms with E-state index in [0.717, 1.165) is 44.1 Å². The van der Waals surface area contributed by atoms with Crippen LogP contribution in [0.5, 0.6) is 0 Å². The Bertz CT molecular complexity index is 527. The Hall–Kier alpha value is -1.73. The molecule has 2 aromatic heterocycles. The first-order valence-electron chi connectivity index (χ1n) is 6.21. The molecular formula is C11H17N7. The van der Waals surface area contributed by atoms with Crippen LogP contribution < -0.4 is 11.1 Å². The number of anilines is 1. The van der Waals surface area contributed by atoms with Gasteiger partial charge in [0.05, 0.1) is 6.54 Å². The molecule has 3 heterocycles. The van der Waals surface area contributed by atoms with Crippen molar-refractivity contribution in [3.63, 3.8) is 0 Å². The minimum absolute atomic E-state index is 0.455. The molecule has 4 N–H and O–H groups in total. The van der Waals surface area contributed by atoms with Crippen LogP contribution in [0.25, 0.3) is 11.2 Å². The van der Waals surface area contributed by atoms with E-state index in [1.807, 2.05) is 0 Å². The highest BCUT2D eigenvalue weighted by molar-refractivity contribution is 5.80. The average molecular weight is 247 g/mol. The highest BCUT2D eigenvalue weighted by Crippen LogP contribution is 2.14. The molecule has 0 spiro atoms. The number of nitrogens with one attached hydrogen (secondary N) is 2. The maximum atomic E-state index is 5.78. The van der Waals surface area contributed by atoms with Crippen LogP contribution in [-0.4, -0.2) is 51.0 Å². The van der Waals surface area contributed by atoms with E-state index >= 15 is 0 Å². The lowest BCUT2D eigenvalue weighted by atomic mass is 10.4. The standard InChI is InChI=1S/C11H17N7/c12-10-9-11(15-7-14-10)17-8(16-9)6-18-4-1-2-13-3-5-18/h7,13H,1-6H2,(H3,12,14,15,16,17). The number of nitrogen functional groups attached to an aromatic ring is 1. The highest BCUT2D eigenvalue weighted by atomic mass is 15.2. The van der Waals surface area contributed by atoms with Gasteiger partial charge in [-0.3, -0.25) is 4.90 Å².